The molecule has 0 N–H and O–H groups in total. The van der Waals surface area contributed by atoms with Crippen molar-refractivity contribution in [3.05, 3.63) is 60.2 Å². The van der Waals surface area contributed by atoms with Gasteiger partial charge in [0.2, 0.25) is 0 Å². The summed E-state index contributed by atoms with van der Waals surface area (Å²) in [5.74, 6) is -0.284. The molecule has 2 atom stereocenters. The van der Waals surface area contributed by atoms with E-state index < -0.39 is 29.1 Å². The van der Waals surface area contributed by atoms with Crippen LogP contribution >= 0.6 is 0 Å². The molecule has 0 fully saturated rings. The summed E-state index contributed by atoms with van der Waals surface area (Å²) in [5.41, 5.74) is -0.175. The first-order chi connectivity index (χ1) is 15.6. The normalized spacial score (nSPS) is 13.8. The average Bonchev–Trinajstić information content (AvgIpc) is 2.77. The summed E-state index contributed by atoms with van der Waals surface area (Å²) in [6, 6.07) is 20.4. The third-order valence-electron chi connectivity index (χ3n) is 5.65. The largest absolute Gasteiger partial charge is 0.497 e. The zero-order chi connectivity index (χ0) is 24.6. The van der Waals surface area contributed by atoms with E-state index in [-0.39, 0.29) is 0 Å². The van der Waals surface area contributed by atoms with Crippen molar-refractivity contribution in [2.45, 2.75) is 59.1 Å². The van der Waals surface area contributed by atoms with Crippen LogP contribution in [-0.4, -0.2) is 18.8 Å². The van der Waals surface area contributed by atoms with E-state index in [2.05, 4.69) is 12.1 Å². The lowest BCUT2D eigenvalue weighted by Gasteiger charge is -2.45. The van der Waals surface area contributed by atoms with Crippen molar-refractivity contribution in [1.29, 1.82) is 10.5 Å². The topological polar surface area (TPSA) is 86.4 Å². The first-order valence-corrected chi connectivity index (χ1v) is 11.1. The minimum absolute atomic E-state index is 0.543. The maximum Gasteiger partial charge on any atom is 0.415 e. The number of carbonyl (C=O) groups is 1. The smallest absolute Gasteiger partial charge is 0.415 e. The maximum absolute atomic E-state index is 13.7. The highest BCUT2D eigenvalue weighted by Crippen LogP contribution is 2.49. The lowest BCUT2D eigenvalue weighted by molar-refractivity contribution is 0.0511. The molecule has 0 radical (unpaired) electrons. The monoisotopic (exact) mass is 447 g/mol. The molecule has 0 aliphatic heterocycles. The van der Waals surface area contributed by atoms with Crippen LogP contribution in [-0.2, 0) is 4.74 Å². The fourth-order valence-electron chi connectivity index (χ4n) is 4.18. The summed E-state index contributed by atoms with van der Waals surface area (Å²) < 4.78 is 11.1. The van der Waals surface area contributed by atoms with E-state index in [1.54, 1.807) is 36.3 Å². The van der Waals surface area contributed by atoms with Crippen molar-refractivity contribution in [2.24, 2.45) is 11.3 Å². The van der Waals surface area contributed by atoms with Crippen LogP contribution in [0.5, 0.6) is 5.75 Å². The Morgan fingerprint density at radius 1 is 1.00 bits per heavy atom. The molecule has 6 nitrogen and oxygen atoms in total. The number of hydrogen-bond acceptors (Lipinski definition) is 5. The van der Waals surface area contributed by atoms with Gasteiger partial charge in [-0.2, -0.15) is 10.5 Å². The van der Waals surface area contributed by atoms with E-state index in [0.29, 0.717) is 17.9 Å². The number of ether oxygens (including phenoxy) is 2. The summed E-state index contributed by atoms with van der Waals surface area (Å²) in [7, 11) is 1.58. The molecule has 0 unspecified atom stereocenters. The second-order valence-electron chi connectivity index (χ2n) is 9.31. The molecular formula is C27H33N3O3. The number of hydrogen-bond donors (Lipinski definition) is 0. The Bertz CT molecular complexity index is 986. The molecule has 174 valence electrons. The molecular weight excluding hydrogens is 414 g/mol. The van der Waals surface area contributed by atoms with Gasteiger partial charge in [-0.15, -0.1) is 0 Å². The predicted molar refractivity (Wildman–Crippen MR) is 129 cm³/mol. The summed E-state index contributed by atoms with van der Waals surface area (Å²) in [4.78, 5) is 15.3. The van der Waals surface area contributed by atoms with Crippen LogP contribution in [0.3, 0.4) is 0 Å². The third kappa shape index (κ3) is 6.05. The molecule has 0 bridgehead atoms. The Morgan fingerprint density at radius 3 is 2.03 bits per heavy atom. The molecule has 0 saturated heterocycles. The highest BCUT2D eigenvalue weighted by Gasteiger charge is 2.48. The molecule has 2 rings (SSSR count). The average molecular weight is 448 g/mol. The van der Waals surface area contributed by atoms with Gasteiger partial charge in [0.1, 0.15) is 17.3 Å². The number of anilines is 1. The minimum Gasteiger partial charge on any atom is -0.497 e. The van der Waals surface area contributed by atoms with Crippen molar-refractivity contribution in [3.8, 4) is 17.9 Å². The number of carbonyl (C=O) groups excluding carboxylic acids is 1. The van der Waals surface area contributed by atoms with Crippen LogP contribution in [0, 0.1) is 34.0 Å². The molecule has 0 heterocycles. The third-order valence-corrected chi connectivity index (χ3v) is 5.65. The van der Waals surface area contributed by atoms with Crippen molar-refractivity contribution in [3.63, 3.8) is 0 Å². The molecule has 0 aliphatic rings. The Kier molecular flexibility index (Phi) is 8.49. The number of rotatable bonds is 8. The lowest BCUT2D eigenvalue weighted by atomic mass is 9.66. The second-order valence-corrected chi connectivity index (χ2v) is 9.31. The van der Waals surface area contributed by atoms with Gasteiger partial charge in [0, 0.05) is 11.1 Å². The van der Waals surface area contributed by atoms with Crippen LogP contribution in [0.4, 0.5) is 10.5 Å². The van der Waals surface area contributed by atoms with Crippen LogP contribution < -0.4 is 9.64 Å². The van der Waals surface area contributed by atoms with Gasteiger partial charge in [0.15, 0.2) is 0 Å². The predicted octanol–water partition coefficient (Wildman–Crippen LogP) is 6.65. The Labute approximate surface area is 197 Å². The number of methoxy groups -OCH3 is 1. The molecule has 6 heteroatoms. The van der Waals surface area contributed by atoms with Gasteiger partial charge in [0.25, 0.3) is 0 Å². The van der Waals surface area contributed by atoms with Crippen molar-refractivity contribution < 1.29 is 14.3 Å². The van der Waals surface area contributed by atoms with E-state index in [1.165, 1.54) is 0 Å². The Balaban J connectivity index is 2.82. The van der Waals surface area contributed by atoms with E-state index in [0.717, 1.165) is 12.0 Å². The quantitative estimate of drug-likeness (QED) is 0.452. The Hall–Kier alpha value is -3.51. The van der Waals surface area contributed by atoms with Gasteiger partial charge in [-0.1, -0.05) is 50.6 Å². The molecule has 2 aromatic rings. The molecule has 0 spiro atoms. The molecule has 0 aromatic heterocycles. The minimum atomic E-state index is -0.939. The van der Waals surface area contributed by atoms with Crippen molar-refractivity contribution in [2.75, 3.05) is 12.0 Å². The number of amides is 1. The zero-order valence-electron chi connectivity index (χ0n) is 20.3. The van der Waals surface area contributed by atoms with Crippen molar-refractivity contribution in [1.82, 2.24) is 0 Å². The van der Waals surface area contributed by atoms with Gasteiger partial charge >= 0.3 is 6.09 Å². The first kappa shape index (κ1) is 25.7. The zero-order valence-corrected chi connectivity index (χ0v) is 20.3. The number of nitriles is 2. The molecule has 2 aromatic carbocycles. The maximum atomic E-state index is 13.7. The first-order valence-electron chi connectivity index (χ1n) is 11.1. The second kappa shape index (κ2) is 10.9. The molecule has 33 heavy (non-hydrogen) atoms. The summed E-state index contributed by atoms with van der Waals surface area (Å²) >= 11 is 0. The van der Waals surface area contributed by atoms with E-state index in [4.69, 9.17) is 9.47 Å². The van der Waals surface area contributed by atoms with Crippen LogP contribution in [0.2, 0.25) is 0 Å². The van der Waals surface area contributed by atoms with Crippen LogP contribution in [0.1, 0.15) is 59.1 Å². The van der Waals surface area contributed by atoms with Gasteiger partial charge in [-0.3, -0.25) is 4.90 Å². The highest BCUT2D eigenvalue weighted by atomic mass is 16.6. The van der Waals surface area contributed by atoms with Gasteiger partial charge in [-0.25, -0.2) is 4.79 Å². The molecule has 0 aliphatic carbocycles. The summed E-state index contributed by atoms with van der Waals surface area (Å²) in [5, 5.41) is 19.8. The number of benzene rings is 2. The van der Waals surface area contributed by atoms with Gasteiger partial charge in [0.05, 0.1) is 25.3 Å². The fraction of sp³-hybridized carbons (Fsp3) is 0.444. The SMILES string of the molecule is CCC[C@](C)(C(C#N)C#N)[C@@H](c1ccccc1)N(C(=O)OC(C)(C)C)c1ccc(OC)cc1. The summed E-state index contributed by atoms with van der Waals surface area (Å²) in [6.07, 6.45) is 0.761. The van der Waals surface area contributed by atoms with Crippen LogP contribution in [0.15, 0.2) is 54.6 Å². The summed E-state index contributed by atoms with van der Waals surface area (Å²) in [6.45, 7) is 9.36. The standard InChI is InChI=1S/C27H33N3O3/c1-7-17-27(5,21(18-28)19-29)24(20-11-9-8-10-12-20)30(25(31)33-26(2,3)4)22-13-15-23(32-6)16-14-22/h8-16,21,24H,7,17H2,1-6H3/t24-,27-/m1/s1. The van der Waals surface area contributed by atoms with Crippen LogP contribution in [0.25, 0.3) is 0 Å². The van der Waals surface area contributed by atoms with E-state index in [1.807, 2.05) is 65.0 Å². The van der Waals surface area contributed by atoms with Crippen molar-refractivity contribution >= 4 is 11.8 Å². The molecule has 1 amide bonds. The lowest BCUT2D eigenvalue weighted by Crippen LogP contribution is -2.48. The van der Waals surface area contributed by atoms with E-state index in [9.17, 15) is 15.3 Å². The Morgan fingerprint density at radius 2 is 1.58 bits per heavy atom. The number of nitrogens with zero attached hydrogens (tertiary/aromatic N) is 3. The fourth-order valence-corrected chi connectivity index (χ4v) is 4.18. The van der Waals surface area contributed by atoms with Gasteiger partial charge < -0.3 is 9.47 Å². The molecule has 0 saturated carbocycles. The van der Waals surface area contributed by atoms with E-state index >= 15 is 0 Å². The van der Waals surface area contributed by atoms with Gasteiger partial charge in [-0.05, 0) is 57.0 Å². The highest BCUT2D eigenvalue weighted by molar-refractivity contribution is 5.89.